The molecule has 3 nitrogen and oxygen atoms in total. The first-order chi connectivity index (χ1) is 6.61. The van der Waals surface area contributed by atoms with Gasteiger partial charge in [0.15, 0.2) is 5.78 Å². The van der Waals surface area contributed by atoms with Crippen molar-refractivity contribution in [2.75, 3.05) is 0 Å². The highest BCUT2D eigenvalue weighted by Crippen LogP contribution is 2.21. The Hall–Kier alpha value is -0.830. The minimum atomic E-state index is 0.0582. The van der Waals surface area contributed by atoms with Crippen LogP contribution in [0, 0.1) is 5.92 Å². The largest absolute Gasteiger partial charge is 0.292 e. The summed E-state index contributed by atoms with van der Waals surface area (Å²) in [6.07, 6.45) is 3.20. The predicted octanol–water partition coefficient (Wildman–Crippen LogP) is 2.69. The van der Waals surface area contributed by atoms with Gasteiger partial charge in [-0.05, 0) is 12.8 Å². The second kappa shape index (κ2) is 4.60. The second-order valence-corrected chi connectivity index (χ2v) is 3.75. The summed E-state index contributed by atoms with van der Waals surface area (Å²) >= 11 is 5.89. The highest BCUT2D eigenvalue weighted by molar-refractivity contribution is 6.33. The van der Waals surface area contributed by atoms with Crippen LogP contribution in [-0.2, 0) is 7.05 Å². The molecular weight excluding hydrogens is 200 g/mol. The molecule has 78 valence electrons. The molecule has 0 radical (unpaired) electrons. The van der Waals surface area contributed by atoms with Gasteiger partial charge in [0.1, 0.15) is 5.69 Å². The molecule has 0 unspecified atom stereocenters. The van der Waals surface area contributed by atoms with Gasteiger partial charge >= 0.3 is 0 Å². The minimum Gasteiger partial charge on any atom is -0.292 e. The van der Waals surface area contributed by atoms with Crippen molar-refractivity contribution in [1.29, 1.82) is 0 Å². The molecule has 0 aromatic carbocycles. The van der Waals surface area contributed by atoms with E-state index in [1.165, 1.54) is 6.20 Å². The molecule has 0 spiro atoms. The monoisotopic (exact) mass is 214 g/mol. The molecular formula is C10H15ClN2O. The molecule has 1 heterocycles. The second-order valence-electron chi connectivity index (χ2n) is 3.34. The normalized spacial score (nSPS) is 10.9. The molecule has 1 aromatic heterocycles. The van der Waals surface area contributed by atoms with Crippen LogP contribution in [-0.4, -0.2) is 15.6 Å². The summed E-state index contributed by atoms with van der Waals surface area (Å²) in [6.45, 7) is 4.02. The lowest BCUT2D eigenvalue weighted by Gasteiger charge is -2.11. The lowest BCUT2D eigenvalue weighted by atomic mass is 9.96. The first-order valence-electron chi connectivity index (χ1n) is 4.83. The Bertz CT molecular complexity index is 309. The lowest BCUT2D eigenvalue weighted by Crippen LogP contribution is -2.17. The van der Waals surface area contributed by atoms with Gasteiger partial charge in [-0.1, -0.05) is 25.4 Å². The number of hydrogen-bond donors (Lipinski definition) is 0. The number of carbonyl (C=O) groups is 1. The fraction of sp³-hybridized carbons (Fsp3) is 0.600. The molecule has 0 amide bonds. The quantitative estimate of drug-likeness (QED) is 0.723. The molecule has 0 saturated heterocycles. The van der Waals surface area contributed by atoms with E-state index < -0.39 is 0 Å². The molecule has 0 aliphatic heterocycles. The molecule has 0 saturated carbocycles. The number of aryl methyl sites for hydroxylation is 1. The smallest absolute Gasteiger partial charge is 0.185 e. The molecule has 0 fully saturated rings. The first-order valence-corrected chi connectivity index (χ1v) is 5.21. The minimum absolute atomic E-state index is 0.0582. The van der Waals surface area contributed by atoms with Gasteiger partial charge in [-0.15, -0.1) is 0 Å². The maximum Gasteiger partial charge on any atom is 0.185 e. The summed E-state index contributed by atoms with van der Waals surface area (Å²) in [5, 5.41) is 4.40. The Morgan fingerprint density at radius 3 is 2.50 bits per heavy atom. The van der Waals surface area contributed by atoms with E-state index in [0.717, 1.165) is 12.8 Å². The number of halogens is 1. The van der Waals surface area contributed by atoms with E-state index in [2.05, 4.69) is 5.10 Å². The van der Waals surface area contributed by atoms with Crippen LogP contribution in [0.2, 0.25) is 5.02 Å². The van der Waals surface area contributed by atoms with Crippen LogP contribution in [0.1, 0.15) is 37.2 Å². The number of carbonyl (C=O) groups excluding carboxylic acids is 1. The third-order valence-electron chi connectivity index (χ3n) is 2.48. The highest BCUT2D eigenvalue weighted by Gasteiger charge is 2.22. The molecule has 1 aromatic rings. The Morgan fingerprint density at radius 1 is 1.57 bits per heavy atom. The van der Waals surface area contributed by atoms with Crippen molar-refractivity contribution in [3.8, 4) is 0 Å². The van der Waals surface area contributed by atoms with E-state index in [9.17, 15) is 4.79 Å². The molecule has 0 bridgehead atoms. The van der Waals surface area contributed by atoms with Crippen LogP contribution in [0.3, 0.4) is 0 Å². The van der Waals surface area contributed by atoms with E-state index in [0.29, 0.717) is 10.7 Å². The van der Waals surface area contributed by atoms with E-state index in [1.807, 2.05) is 13.8 Å². The van der Waals surface area contributed by atoms with Crippen LogP contribution in [0.15, 0.2) is 6.20 Å². The van der Waals surface area contributed by atoms with Crippen molar-refractivity contribution in [3.05, 3.63) is 16.9 Å². The van der Waals surface area contributed by atoms with E-state index in [-0.39, 0.29) is 11.7 Å². The zero-order valence-corrected chi connectivity index (χ0v) is 9.51. The van der Waals surface area contributed by atoms with Crippen molar-refractivity contribution < 1.29 is 4.79 Å². The topological polar surface area (TPSA) is 34.9 Å². The van der Waals surface area contributed by atoms with Gasteiger partial charge in [0.2, 0.25) is 0 Å². The maximum absolute atomic E-state index is 12.0. The fourth-order valence-electron chi connectivity index (χ4n) is 1.54. The summed E-state index contributed by atoms with van der Waals surface area (Å²) in [6, 6.07) is 0. The van der Waals surface area contributed by atoms with Gasteiger partial charge in [0, 0.05) is 13.0 Å². The van der Waals surface area contributed by atoms with E-state index in [1.54, 1.807) is 11.7 Å². The average molecular weight is 215 g/mol. The Morgan fingerprint density at radius 2 is 2.14 bits per heavy atom. The van der Waals surface area contributed by atoms with Crippen molar-refractivity contribution >= 4 is 17.4 Å². The summed E-state index contributed by atoms with van der Waals surface area (Å²) in [7, 11) is 1.74. The van der Waals surface area contributed by atoms with Crippen LogP contribution < -0.4 is 0 Å². The molecule has 0 aliphatic rings. The van der Waals surface area contributed by atoms with Crippen LogP contribution in [0.4, 0.5) is 0 Å². The Kier molecular flexibility index (Phi) is 3.69. The van der Waals surface area contributed by atoms with Gasteiger partial charge in [0.05, 0.1) is 11.2 Å². The fourth-order valence-corrected chi connectivity index (χ4v) is 1.80. The van der Waals surface area contributed by atoms with Crippen LogP contribution in [0.25, 0.3) is 0 Å². The number of ketones is 1. The predicted molar refractivity (Wildman–Crippen MR) is 56.6 cm³/mol. The van der Waals surface area contributed by atoms with Gasteiger partial charge in [-0.25, -0.2) is 0 Å². The number of nitrogens with zero attached hydrogens (tertiary/aromatic N) is 2. The third kappa shape index (κ3) is 1.98. The SMILES string of the molecule is CCC(CC)C(=O)c1c(Cl)cnn1C. The highest BCUT2D eigenvalue weighted by atomic mass is 35.5. The maximum atomic E-state index is 12.0. The van der Waals surface area contributed by atoms with Crippen LogP contribution >= 0.6 is 11.6 Å². The van der Waals surface area contributed by atoms with Gasteiger partial charge < -0.3 is 0 Å². The Labute approximate surface area is 89.1 Å². The molecule has 0 N–H and O–H groups in total. The Balaban J connectivity index is 2.99. The number of hydrogen-bond acceptors (Lipinski definition) is 2. The van der Waals surface area contributed by atoms with Crippen molar-refractivity contribution in [3.63, 3.8) is 0 Å². The average Bonchev–Trinajstić information content (AvgIpc) is 2.48. The molecule has 4 heteroatoms. The standard InChI is InChI=1S/C10H15ClN2O/c1-4-7(5-2)10(14)9-8(11)6-12-13(9)3/h6-7H,4-5H2,1-3H3. The van der Waals surface area contributed by atoms with Crippen molar-refractivity contribution in [1.82, 2.24) is 9.78 Å². The van der Waals surface area contributed by atoms with Gasteiger partial charge in [-0.2, -0.15) is 5.10 Å². The van der Waals surface area contributed by atoms with E-state index >= 15 is 0 Å². The van der Waals surface area contributed by atoms with Crippen molar-refractivity contribution in [2.45, 2.75) is 26.7 Å². The first kappa shape index (κ1) is 11.2. The van der Waals surface area contributed by atoms with Crippen molar-refractivity contribution in [2.24, 2.45) is 13.0 Å². The summed E-state index contributed by atoms with van der Waals surface area (Å²) in [5.74, 6) is 0.155. The van der Waals surface area contributed by atoms with Gasteiger partial charge in [0.25, 0.3) is 0 Å². The zero-order valence-electron chi connectivity index (χ0n) is 8.75. The number of aromatic nitrogens is 2. The van der Waals surface area contributed by atoms with Crippen LogP contribution in [0.5, 0.6) is 0 Å². The lowest BCUT2D eigenvalue weighted by molar-refractivity contribution is 0.0904. The summed E-state index contributed by atoms with van der Waals surface area (Å²) in [4.78, 5) is 12.0. The summed E-state index contributed by atoms with van der Waals surface area (Å²) < 4.78 is 1.54. The van der Waals surface area contributed by atoms with E-state index in [4.69, 9.17) is 11.6 Å². The molecule has 14 heavy (non-hydrogen) atoms. The number of rotatable bonds is 4. The molecule has 0 atom stereocenters. The summed E-state index contributed by atoms with van der Waals surface area (Å²) in [5.41, 5.74) is 0.528. The number of Topliss-reactive ketones (excluding diaryl/α,β-unsaturated/α-hetero) is 1. The molecule has 1 rings (SSSR count). The zero-order chi connectivity index (χ0) is 10.7. The molecule has 0 aliphatic carbocycles. The van der Waals surface area contributed by atoms with Gasteiger partial charge in [-0.3, -0.25) is 9.48 Å². The third-order valence-corrected chi connectivity index (χ3v) is 2.76.